The summed E-state index contributed by atoms with van der Waals surface area (Å²) in [6.45, 7) is 0. The van der Waals surface area contributed by atoms with Crippen LogP contribution in [0.2, 0.25) is 0 Å². The van der Waals surface area contributed by atoms with Crippen molar-refractivity contribution in [1.82, 2.24) is 0 Å². The second-order valence-corrected chi connectivity index (χ2v) is 12.7. The van der Waals surface area contributed by atoms with Gasteiger partial charge < -0.3 is 9.32 Å². The maximum Gasteiger partial charge on any atom is 0.143 e. The van der Waals surface area contributed by atoms with Gasteiger partial charge in [0.2, 0.25) is 0 Å². The van der Waals surface area contributed by atoms with Crippen LogP contribution in [0.4, 0.5) is 17.1 Å². The third kappa shape index (κ3) is 5.21. The Morgan fingerprint density at radius 1 is 0.404 bits per heavy atom. The van der Waals surface area contributed by atoms with E-state index in [-0.39, 0.29) is 11.3 Å². The first-order valence-electron chi connectivity index (χ1n) is 21.5. The average molecular weight is 673 g/mol. The minimum Gasteiger partial charge on any atom is -0.455 e. The zero-order chi connectivity index (χ0) is 42.3. The third-order valence-electron chi connectivity index (χ3n) is 9.60. The van der Waals surface area contributed by atoms with Gasteiger partial charge in [0.25, 0.3) is 0 Å². The van der Waals surface area contributed by atoms with Gasteiger partial charge in [-0.05, 0) is 104 Å². The van der Waals surface area contributed by atoms with Gasteiger partial charge >= 0.3 is 0 Å². The van der Waals surface area contributed by atoms with E-state index in [1.54, 1.807) is 4.90 Å². The fourth-order valence-electron chi connectivity index (χ4n) is 7.10. The van der Waals surface area contributed by atoms with E-state index < -0.39 is 59.9 Å². The number of fused-ring (bicyclic) bond motifs is 6. The highest BCUT2D eigenvalue weighted by molar-refractivity contribution is 6.19. The van der Waals surface area contributed by atoms with Gasteiger partial charge in [-0.1, -0.05) is 145 Å². The summed E-state index contributed by atoms with van der Waals surface area (Å²) in [5, 5.41) is 6.18. The van der Waals surface area contributed by atoms with E-state index in [2.05, 4.69) is 48.5 Å². The van der Waals surface area contributed by atoms with Crippen LogP contribution in [0.3, 0.4) is 0 Å². The molecular weight excluding hydrogens is 631 g/mol. The lowest BCUT2D eigenvalue weighted by molar-refractivity contribution is 0.673. The van der Waals surface area contributed by atoms with Crippen molar-refractivity contribution in [3.8, 4) is 33.4 Å². The van der Waals surface area contributed by atoms with E-state index >= 15 is 0 Å². The van der Waals surface area contributed by atoms with Crippen molar-refractivity contribution in [1.29, 1.82) is 0 Å². The zero-order valence-corrected chi connectivity index (χ0v) is 27.7. The molecule has 0 bridgehead atoms. The third-order valence-corrected chi connectivity index (χ3v) is 9.60. The number of anilines is 3. The molecule has 0 aliphatic carbocycles. The highest BCUT2D eigenvalue weighted by Gasteiger charge is 2.18. The molecule has 2 heteroatoms. The maximum absolute atomic E-state index is 9.46. The van der Waals surface area contributed by atoms with Crippen molar-refractivity contribution in [3.63, 3.8) is 0 Å². The van der Waals surface area contributed by atoms with Gasteiger partial charge in [-0.3, -0.25) is 0 Å². The summed E-state index contributed by atoms with van der Waals surface area (Å²) < 4.78 is 85.7. The fourth-order valence-corrected chi connectivity index (χ4v) is 7.10. The molecule has 0 fully saturated rings. The predicted molar refractivity (Wildman–Crippen MR) is 220 cm³/mol. The summed E-state index contributed by atoms with van der Waals surface area (Å²) >= 11 is 0. The molecule has 0 N–H and O–H groups in total. The van der Waals surface area contributed by atoms with Crippen molar-refractivity contribution in [2.24, 2.45) is 0 Å². The molecule has 0 saturated heterocycles. The van der Waals surface area contributed by atoms with Gasteiger partial charge in [-0.15, -0.1) is 0 Å². The average Bonchev–Trinajstić information content (AvgIpc) is 3.69. The molecule has 2 nitrogen and oxygen atoms in total. The summed E-state index contributed by atoms with van der Waals surface area (Å²) in [6, 6.07) is 42.8. The van der Waals surface area contributed by atoms with Crippen LogP contribution < -0.4 is 4.90 Å². The molecule has 9 aromatic carbocycles. The summed E-state index contributed by atoms with van der Waals surface area (Å²) in [7, 11) is 0. The Hall–Kier alpha value is -6.90. The van der Waals surface area contributed by atoms with Crippen molar-refractivity contribution in [2.45, 2.75) is 0 Å². The van der Waals surface area contributed by atoms with Gasteiger partial charge in [-0.2, -0.15) is 0 Å². The van der Waals surface area contributed by atoms with Crippen molar-refractivity contribution in [3.05, 3.63) is 200 Å². The normalized spacial score (nSPS) is 13.9. The molecule has 1 heterocycles. The highest BCUT2D eigenvalue weighted by atomic mass is 16.3. The van der Waals surface area contributed by atoms with E-state index in [9.17, 15) is 5.48 Å². The first kappa shape index (κ1) is 22.0. The molecule has 0 amide bonds. The minimum absolute atomic E-state index is 0.0693. The lowest BCUT2D eigenvalue weighted by Gasteiger charge is -2.26. The van der Waals surface area contributed by atoms with Crippen LogP contribution in [-0.2, 0) is 0 Å². The highest BCUT2D eigenvalue weighted by Crippen LogP contribution is 2.42. The summed E-state index contributed by atoms with van der Waals surface area (Å²) in [4.78, 5) is 1.68. The topological polar surface area (TPSA) is 16.4 Å². The monoisotopic (exact) mass is 672 g/mol. The van der Waals surface area contributed by atoms with Crippen LogP contribution in [0.15, 0.2) is 204 Å². The quantitative estimate of drug-likeness (QED) is 0.175. The van der Waals surface area contributed by atoms with Crippen molar-refractivity contribution in [2.75, 3.05) is 4.90 Å². The minimum atomic E-state index is -0.629. The molecule has 10 rings (SSSR count). The van der Waals surface area contributed by atoms with Crippen molar-refractivity contribution >= 4 is 60.5 Å². The largest absolute Gasteiger partial charge is 0.455 e. The molecule has 0 aliphatic rings. The predicted octanol–water partition coefficient (Wildman–Crippen LogP) is 14.4. The number of rotatable bonds is 6. The van der Waals surface area contributed by atoms with Crippen LogP contribution in [0, 0.1) is 0 Å². The summed E-state index contributed by atoms with van der Waals surface area (Å²) in [5.74, 6) is 0. The second-order valence-electron chi connectivity index (χ2n) is 12.7. The molecule has 0 atom stereocenters. The van der Waals surface area contributed by atoms with Gasteiger partial charge in [-0.25, -0.2) is 0 Å². The Labute approximate surface area is 315 Å². The van der Waals surface area contributed by atoms with Crippen LogP contribution in [0.25, 0.3) is 76.9 Å². The smallest absolute Gasteiger partial charge is 0.143 e. The molecular formula is C50H33NO. The molecule has 0 spiro atoms. The SMILES string of the molecule is [2H]c1c([2H])c([2H])c(-c2c([2H])c([2H])c(N(c3ccc(-c4ccc5ccccc5c4)cc3)c3cccc(-c4cccc5oc6c7ccccc7ccc6c45)c3)c([2H])c2[2H])c([2H])c1[2H]. The fraction of sp³-hybridized carbons (Fsp3) is 0. The molecule has 1 aromatic heterocycles. The lowest BCUT2D eigenvalue weighted by atomic mass is 9.97. The molecule has 0 saturated carbocycles. The number of hydrogen-bond acceptors (Lipinski definition) is 2. The van der Waals surface area contributed by atoms with Gasteiger partial charge in [0.1, 0.15) is 11.2 Å². The van der Waals surface area contributed by atoms with Gasteiger partial charge in [0.05, 0.1) is 12.3 Å². The second kappa shape index (κ2) is 12.5. The summed E-state index contributed by atoms with van der Waals surface area (Å²) in [5.41, 5.74) is 5.42. The number of nitrogens with zero attached hydrogens (tertiary/aromatic N) is 1. The van der Waals surface area contributed by atoms with Crippen LogP contribution in [0.1, 0.15) is 12.3 Å². The maximum atomic E-state index is 9.46. The van der Waals surface area contributed by atoms with Crippen LogP contribution in [-0.4, -0.2) is 0 Å². The zero-order valence-electron chi connectivity index (χ0n) is 36.7. The van der Waals surface area contributed by atoms with E-state index in [1.807, 2.05) is 97.1 Å². The Bertz CT molecular complexity index is 3380. The lowest BCUT2D eigenvalue weighted by Crippen LogP contribution is -2.10. The number of hydrogen-bond donors (Lipinski definition) is 0. The van der Waals surface area contributed by atoms with E-state index in [4.69, 9.17) is 11.3 Å². The first-order valence-corrected chi connectivity index (χ1v) is 17.0. The molecule has 244 valence electrons. The Balaban J connectivity index is 1.18. The Kier molecular flexibility index (Phi) is 5.28. The molecule has 0 unspecified atom stereocenters. The van der Waals surface area contributed by atoms with Gasteiger partial charge in [0, 0.05) is 33.2 Å². The Morgan fingerprint density at radius 2 is 1.12 bits per heavy atom. The number of furan rings is 1. The first-order chi connectivity index (χ1) is 29.5. The number of benzene rings is 9. The van der Waals surface area contributed by atoms with E-state index in [1.165, 1.54) is 0 Å². The molecule has 0 radical (unpaired) electrons. The standard InChI is InChI=1S/C50H33NO/c1-2-10-34(11-3-1)36-22-27-42(28-23-36)51(43-29-24-37(25-30-43)40-21-20-35-12-4-5-14-39(35)32-40)44-16-8-15-41(33-44)45-18-9-19-48-49(45)47-31-26-38-13-6-7-17-46(38)50(47)52-48/h1-33H/i1D,2D,3D,10D,11D,22D,23D,27D,28D. The molecule has 10 aromatic rings. The van der Waals surface area contributed by atoms with Crippen LogP contribution in [0.5, 0.6) is 0 Å². The van der Waals surface area contributed by atoms with Gasteiger partial charge in [0.15, 0.2) is 0 Å². The Morgan fingerprint density at radius 3 is 1.96 bits per heavy atom. The molecule has 0 aliphatic heterocycles. The van der Waals surface area contributed by atoms with Crippen LogP contribution >= 0.6 is 0 Å². The van der Waals surface area contributed by atoms with E-state index in [0.29, 0.717) is 11.4 Å². The van der Waals surface area contributed by atoms with E-state index in [0.717, 1.165) is 65.7 Å². The van der Waals surface area contributed by atoms with Crippen molar-refractivity contribution < 1.29 is 16.8 Å². The summed E-state index contributed by atoms with van der Waals surface area (Å²) in [6.07, 6.45) is 0. The molecule has 52 heavy (non-hydrogen) atoms.